The molecule has 3 aromatic rings. The molecular formula is C22H25N3O5S. The molecule has 8 nitrogen and oxygen atoms in total. The van der Waals surface area contributed by atoms with E-state index >= 15 is 0 Å². The molecule has 0 saturated heterocycles. The van der Waals surface area contributed by atoms with Crippen molar-refractivity contribution in [2.45, 2.75) is 26.2 Å². The first kappa shape index (κ1) is 22.5. The minimum atomic E-state index is -0.485. The molecule has 2 aromatic heterocycles. The fourth-order valence-electron chi connectivity index (χ4n) is 2.99. The van der Waals surface area contributed by atoms with Gasteiger partial charge in [-0.2, -0.15) is 4.98 Å². The third kappa shape index (κ3) is 6.65. The van der Waals surface area contributed by atoms with Gasteiger partial charge in [-0.1, -0.05) is 23.4 Å². The van der Waals surface area contributed by atoms with Crippen LogP contribution in [0.15, 0.2) is 46.3 Å². The summed E-state index contributed by atoms with van der Waals surface area (Å²) in [5.74, 6) is 0.644. The van der Waals surface area contributed by atoms with Crippen LogP contribution in [0.3, 0.4) is 0 Å². The van der Waals surface area contributed by atoms with Gasteiger partial charge in [-0.15, -0.1) is 11.3 Å². The number of nitrogens with one attached hydrogen (secondary N) is 1. The van der Waals surface area contributed by atoms with Gasteiger partial charge in [-0.05, 0) is 42.5 Å². The number of aromatic nitrogens is 2. The van der Waals surface area contributed by atoms with Gasteiger partial charge in [0.15, 0.2) is 0 Å². The highest BCUT2D eigenvalue weighted by atomic mass is 32.1. The van der Waals surface area contributed by atoms with Gasteiger partial charge in [0.2, 0.25) is 17.6 Å². The predicted octanol–water partition coefficient (Wildman–Crippen LogP) is 3.28. The molecule has 0 aliphatic carbocycles. The number of hydrogen-bond donors (Lipinski definition) is 1. The molecular weight excluding hydrogens is 418 g/mol. The van der Waals surface area contributed by atoms with Crippen molar-refractivity contribution >= 4 is 23.2 Å². The van der Waals surface area contributed by atoms with Gasteiger partial charge in [0.05, 0.1) is 24.5 Å². The highest BCUT2D eigenvalue weighted by Crippen LogP contribution is 2.21. The number of carbonyl (C=O) groups is 2. The molecule has 3 rings (SSSR count). The number of rotatable bonds is 11. The topological polar surface area (TPSA) is 104 Å². The zero-order valence-electron chi connectivity index (χ0n) is 17.5. The first-order valence-corrected chi connectivity index (χ1v) is 10.9. The van der Waals surface area contributed by atoms with Crippen molar-refractivity contribution in [3.63, 3.8) is 0 Å². The number of ether oxygens (including phenoxy) is 2. The number of amides is 1. The number of methoxy groups -OCH3 is 1. The number of carbonyl (C=O) groups excluding carboxylic acids is 2. The molecule has 31 heavy (non-hydrogen) atoms. The molecule has 2 heterocycles. The lowest BCUT2D eigenvalue weighted by Crippen LogP contribution is -2.34. The van der Waals surface area contributed by atoms with Crippen LogP contribution < -0.4 is 10.1 Å². The standard InChI is InChI=1S/C22H25N3O5S/c1-3-29-17-8-6-15(7-9-17)13-16(22(27)28-2)14-23-19(26)10-11-20-24-21(25-30-20)18-5-4-12-31-18/h4-9,12,16H,3,10-11,13-14H2,1-2H3,(H,23,26). The molecule has 1 aromatic carbocycles. The van der Waals surface area contributed by atoms with Crippen molar-refractivity contribution in [1.82, 2.24) is 15.5 Å². The first-order valence-electron chi connectivity index (χ1n) is 10.0. The van der Waals surface area contributed by atoms with Crippen LogP contribution >= 0.6 is 11.3 Å². The summed E-state index contributed by atoms with van der Waals surface area (Å²) in [5.41, 5.74) is 0.958. The Labute approximate surface area is 184 Å². The maximum absolute atomic E-state index is 12.3. The summed E-state index contributed by atoms with van der Waals surface area (Å²) >= 11 is 1.52. The van der Waals surface area contributed by atoms with Gasteiger partial charge in [0, 0.05) is 19.4 Å². The molecule has 9 heteroatoms. The second-order valence-electron chi connectivity index (χ2n) is 6.79. The third-order valence-corrected chi connectivity index (χ3v) is 5.44. The van der Waals surface area contributed by atoms with Gasteiger partial charge >= 0.3 is 5.97 Å². The van der Waals surface area contributed by atoms with Gasteiger partial charge in [-0.3, -0.25) is 9.59 Å². The fraction of sp³-hybridized carbons (Fsp3) is 0.364. The lowest BCUT2D eigenvalue weighted by atomic mass is 9.99. The van der Waals surface area contributed by atoms with Gasteiger partial charge < -0.3 is 19.3 Å². The molecule has 0 saturated carbocycles. The lowest BCUT2D eigenvalue weighted by Gasteiger charge is -2.16. The van der Waals surface area contributed by atoms with Crippen LogP contribution in [0.4, 0.5) is 0 Å². The van der Waals surface area contributed by atoms with Crippen molar-refractivity contribution in [2.24, 2.45) is 5.92 Å². The van der Waals surface area contributed by atoms with E-state index in [9.17, 15) is 9.59 Å². The zero-order valence-corrected chi connectivity index (χ0v) is 18.3. The van der Waals surface area contributed by atoms with Crippen LogP contribution in [0.5, 0.6) is 5.75 Å². The number of aryl methyl sites for hydroxylation is 1. The number of benzene rings is 1. The van der Waals surface area contributed by atoms with E-state index in [1.807, 2.05) is 48.7 Å². The number of thiophene rings is 1. The Bertz CT molecular complexity index is 969. The van der Waals surface area contributed by atoms with Crippen LogP contribution in [-0.2, 0) is 27.2 Å². The second-order valence-corrected chi connectivity index (χ2v) is 7.74. The minimum Gasteiger partial charge on any atom is -0.494 e. The zero-order chi connectivity index (χ0) is 22.1. The molecule has 0 aliphatic heterocycles. The van der Waals surface area contributed by atoms with Crippen LogP contribution in [0.25, 0.3) is 10.7 Å². The largest absolute Gasteiger partial charge is 0.494 e. The molecule has 1 N–H and O–H groups in total. The molecule has 0 fully saturated rings. The Morgan fingerprint density at radius 3 is 2.71 bits per heavy atom. The van der Waals surface area contributed by atoms with E-state index in [0.29, 0.717) is 31.2 Å². The monoisotopic (exact) mass is 443 g/mol. The first-order chi connectivity index (χ1) is 15.1. The van der Waals surface area contributed by atoms with E-state index in [0.717, 1.165) is 16.2 Å². The summed E-state index contributed by atoms with van der Waals surface area (Å²) in [4.78, 5) is 29.6. The fourth-order valence-corrected chi connectivity index (χ4v) is 3.64. The van der Waals surface area contributed by atoms with Crippen molar-refractivity contribution in [1.29, 1.82) is 0 Å². The van der Waals surface area contributed by atoms with Gasteiger partial charge in [0.1, 0.15) is 5.75 Å². The van der Waals surface area contributed by atoms with Crippen LogP contribution in [0, 0.1) is 5.92 Å². The highest BCUT2D eigenvalue weighted by Gasteiger charge is 2.21. The van der Waals surface area contributed by atoms with Crippen LogP contribution in [0.2, 0.25) is 0 Å². The summed E-state index contributed by atoms with van der Waals surface area (Å²) in [7, 11) is 1.34. The summed E-state index contributed by atoms with van der Waals surface area (Å²) < 4.78 is 15.5. The SMILES string of the molecule is CCOc1ccc(CC(CNC(=O)CCc2nc(-c3cccs3)no2)C(=O)OC)cc1. The summed E-state index contributed by atoms with van der Waals surface area (Å²) in [6.45, 7) is 2.70. The summed E-state index contributed by atoms with van der Waals surface area (Å²) in [6, 6.07) is 11.4. The third-order valence-electron chi connectivity index (χ3n) is 4.57. The Morgan fingerprint density at radius 1 is 1.23 bits per heavy atom. The van der Waals surface area contributed by atoms with E-state index < -0.39 is 5.92 Å². The molecule has 1 unspecified atom stereocenters. The summed E-state index contributed by atoms with van der Waals surface area (Å²) in [6.07, 6.45) is 0.961. The molecule has 1 amide bonds. The number of hydrogen-bond acceptors (Lipinski definition) is 8. The Morgan fingerprint density at radius 2 is 2.03 bits per heavy atom. The average molecular weight is 444 g/mol. The van der Waals surface area contributed by atoms with Crippen molar-refractivity contribution in [2.75, 3.05) is 20.3 Å². The average Bonchev–Trinajstić information content (AvgIpc) is 3.48. The molecule has 0 aliphatic rings. The van der Waals surface area contributed by atoms with Crippen molar-refractivity contribution < 1.29 is 23.6 Å². The van der Waals surface area contributed by atoms with E-state index in [1.54, 1.807) is 0 Å². The summed E-state index contributed by atoms with van der Waals surface area (Å²) in [5, 5.41) is 8.67. The van der Waals surface area contributed by atoms with E-state index in [1.165, 1.54) is 18.4 Å². The minimum absolute atomic E-state index is 0.184. The second kappa shape index (κ2) is 11.3. The molecule has 1 atom stereocenters. The van der Waals surface area contributed by atoms with Crippen molar-refractivity contribution in [3.05, 3.63) is 53.2 Å². The quantitative estimate of drug-likeness (QED) is 0.454. The maximum atomic E-state index is 12.3. The molecule has 0 radical (unpaired) electrons. The van der Waals surface area contributed by atoms with Gasteiger partial charge in [0.25, 0.3) is 0 Å². The smallest absolute Gasteiger partial charge is 0.310 e. The van der Waals surface area contributed by atoms with Crippen molar-refractivity contribution in [3.8, 4) is 16.5 Å². The van der Waals surface area contributed by atoms with E-state index in [2.05, 4.69) is 15.5 Å². The molecule has 0 bridgehead atoms. The Balaban J connectivity index is 1.49. The normalized spacial score (nSPS) is 11.7. The predicted molar refractivity (Wildman–Crippen MR) is 116 cm³/mol. The van der Waals surface area contributed by atoms with E-state index in [4.69, 9.17) is 14.0 Å². The maximum Gasteiger partial charge on any atom is 0.310 e. The lowest BCUT2D eigenvalue weighted by molar-refractivity contribution is -0.145. The number of nitrogens with zero attached hydrogens (tertiary/aromatic N) is 2. The van der Waals surface area contributed by atoms with E-state index in [-0.39, 0.29) is 24.8 Å². The Hall–Kier alpha value is -3.20. The highest BCUT2D eigenvalue weighted by molar-refractivity contribution is 7.13. The van der Waals surface area contributed by atoms with Crippen LogP contribution in [0.1, 0.15) is 24.8 Å². The number of esters is 1. The Kier molecular flexibility index (Phi) is 8.17. The molecule has 164 valence electrons. The molecule has 0 spiro atoms. The van der Waals surface area contributed by atoms with Gasteiger partial charge in [-0.25, -0.2) is 0 Å². The van der Waals surface area contributed by atoms with Crippen LogP contribution in [-0.4, -0.2) is 42.3 Å².